The van der Waals surface area contributed by atoms with Gasteiger partial charge in [0.05, 0.1) is 38.4 Å². The second-order valence-electron chi connectivity index (χ2n) is 14.6. The molecule has 0 aliphatic carbocycles. The van der Waals surface area contributed by atoms with Gasteiger partial charge in [-0.1, -0.05) is 13.3 Å². The molecule has 5 unspecified atom stereocenters. The summed E-state index contributed by atoms with van der Waals surface area (Å²) < 4.78 is 60.2. The number of aliphatic hydroxyl groups is 2. The number of rotatable bonds is 18. The number of imidazole rings is 1. The summed E-state index contributed by atoms with van der Waals surface area (Å²) >= 11 is 5.34. The van der Waals surface area contributed by atoms with Gasteiger partial charge in [-0.05, 0) is 31.2 Å². The number of nitrogens with two attached hydrogens (primary N) is 2. The summed E-state index contributed by atoms with van der Waals surface area (Å²) in [5.74, 6) is 0.175. The van der Waals surface area contributed by atoms with E-state index in [1.807, 2.05) is 6.92 Å². The Balaban J connectivity index is 1.07. The topological polar surface area (TPSA) is 340 Å². The number of nitrogens with zero attached hydrogens (tertiary/aromatic N) is 7. The summed E-state index contributed by atoms with van der Waals surface area (Å²) in [6.07, 6.45) is -2.54. The van der Waals surface area contributed by atoms with Crippen LogP contribution in [0.25, 0.3) is 11.2 Å². The highest BCUT2D eigenvalue weighted by molar-refractivity contribution is 8.07. The quantitative estimate of drug-likeness (QED) is 0.0504. The van der Waals surface area contributed by atoms with Gasteiger partial charge in [-0.2, -0.15) is 4.98 Å². The van der Waals surface area contributed by atoms with Crippen molar-refractivity contribution in [3.8, 4) is 0 Å². The zero-order valence-electron chi connectivity index (χ0n) is 32.9. The van der Waals surface area contributed by atoms with Gasteiger partial charge < -0.3 is 49.8 Å². The number of aryl methyl sites for hydroxylation is 1. The molecule has 9 N–H and O–H groups in total. The lowest BCUT2D eigenvalue weighted by atomic mass is 10.2. The van der Waals surface area contributed by atoms with Gasteiger partial charge >= 0.3 is 25.8 Å². The molecule has 0 saturated carbocycles. The lowest BCUT2D eigenvalue weighted by Gasteiger charge is -2.28. The number of nitrogens with one attached hydrogen (secondary N) is 2. The summed E-state index contributed by atoms with van der Waals surface area (Å²) in [5.41, 5.74) is 10.4. The van der Waals surface area contributed by atoms with E-state index in [0.29, 0.717) is 17.6 Å². The Labute approximate surface area is 351 Å². The van der Waals surface area contributed by atoms with E-state index in [4.69, 9.17) is 55.6 Å². The minimum absolute atomic E-state index is 0.00185. The van der Waals surface area contributed by atoms with Crippen LogP contribution >= 0.6 is 14.5 Å². The lowest BCUT2D eigenvalue weighted by molar-refractivity contribution is -0.0553. The van der Waals surface area contributed by atoms with Crippen molar-refractivity contribution in [3.63, 3.8) is 0 Å². The van der Waals surface area contributed by atoms with Crippen LogP contribution in [0, 0.1) is 6.92 Å². The molecule has 4 aromatic heterocycles. The molecule has 0 aromatic carbocycles. The summed E-state index contributed by atoms with van der Waals surface area (Å²) in [6.45, 7) is -2.04. The standard InChI is InChI=1S/C33H47N11O14P2S/c1-3-4-6-39-59(50,52-13-22-18(46)8-25(55-22)44-16-38-28-29(35)36-15-37-30(28)44)57-20-10-27(43-11-17(2)31(47)41-33(43)49)56-23(20)14-53-60(51,61)58-19-9-26(54-21(19)12-45)42-7-5-24(34)40-32(42)48/h5,7,11,15-16,18-23,25-27,45-46H,3-4,6,8-10,12-14H2,1-2H3,(H,39,50)(H,51,61)(H2,34,40,48)(H2,35,36,37)(H,41,47,49)/t18?,19?,20?,21-,22-,23-,25-,26-,27-,59?,60?/m1/s1. The molecule has 0 spiro atoms. The van der Waals surface area contributed by atoms with Crippen molar-refractivity contribution in [1.82, 2.24) is 43.7 Å². The maximum absolute atomic E-state index is 14.6. The van der Waals surface area contributed by atoms with E-state index < -0.39 is 107 Å². The minimum Gasteiger partial charge on any atom is -0.394 e. The number of fused-ring (bicyclic) bond motifs is 1. The number of nitrogen functional groups attached to an aromatic ring is 2. The summed E-state index contributed by atoms with van der Waals surface area (Å²) in [6, 6.07) is 1.39. The highest BCUT2D eigenvalue weighted by Gasteiger charge is 2.46. The number of unbranched alkanes of at least 4 members (excludes halogenated alkanes) is 1. The van der Waals surface area contributed by atoms with Crippen LogP contribution < -0.4 is 33.5 Å². The van der Waals surface area contributed by atoms with E-state index >= 15 is 0 Å². The number of aromatic amines is 1. The van der Waals surface area contributed by atoms with Gasteiger partial charge in [0.1, 0.15) is 60.8 Å². The number of H-pyrrole nitrogens is 1. The van der Waals surface area contributed by atoms with Crippen molar-refractivity contribution in [3.05, 3.63) is 68.0 Å². The summed E-state index contributed by atoms with van der Waals surface area (Å²) in [5, 5.41) is 23.9. The van der Waals surface area contributed by atoms with Crippen LogP contribution in [0.1, 0.15) is 63.3 Å². The Bertz CT molecular complexity index is 2470. The van der Waals surface area contributed by atoms with Crippen LogP contribution in [0.3, 0.4) is 0 Å². The summed E-state index contributed by atoms with van der Waals surface area (Å²) in [7, 11) is -4.31. The van der Waals surface area contributed by atoms with Crippen molar-refractivity contribution in [1.29, 1.82) is 0 Å². The number of aliphatic hydroxyl groups excluding tert-OH is 2. The third kappa shape index (κ3) is 10.3. The Morgan fingerprint density at radius 3 is 2.39 bits per heavy atom. The van der Waals surface area contributed by atoms with Gasteiger partial charge in [-0.3, -0.25) is 32.5 Å². The Hall–Kier alpha value is -3.85. The first-order valence-electron chi connectivity index (χ1n) is 19.3. The van der Waals surface area contributed by atoms with Crippen LogP contribution in [0.2, 0.25) is 0 Å². The SMILES string of the molecule is CCCCNP(=O)(OC[C@H]1O[C@@H](n2cnc3c(N)ncnc32)CC1O)OC1C[C@H](n2cc(C)c(=O)[nH]c2=O)O[C@@H]1COP(O)(=S)OC1C[C@H](n2ccc(N)nc2=O)O[C@@H]1CO. The van der Waals surface area contributed by atoms with Crippen LogP contribution in [-0.2, 0) is 48.7 Å². The van der Waals surface area contributed by atoms with Crippen LogP contribution in [-0.4, -0.2) is 117 Å². The average molecular weight is 916 g/mol. The number of hydrogen-bond acceptors (Lipinski definition) is 20. The van der Waals surface area contributed by atoms with Gasteiger partial charge in [0, 0.05) is 43.8 Å². The molecule has 3 aliphatic rings. The van der Waals surface area contributed by atoms with Gasteiger partial charge in [-0.25, -0.2) is 34.2 Å². The Morgan fingerprint density at radius 2 is 1.66 bits per heavy atom. The second-order valence-corrected chi connectivity index (χ2v) is 19.1. The fourth-order valence-corrected chi connectivity index (χ4v) is 10.1. The van der Waals surface area contributed by atoms with Crippen molar-refractivity contribution < 1.29 is 52.0 Å². The molecule has 0 radical (unpaired) electrons. The third-order valence-electron chi connectivity index (χ3n) is 10.2. The molecular formula is C33H47N11O14P2S. The predicted molar refractivity (Wildman–Crippen MR) is 216 cm³/mol. The average Bonchev–Trinajstić information content (AvgIpc) is 4.00. The fraction of sp³-hybridized carbons (Fsp3) is 0.606. The maximum Gasteiger partial charge on any atom is 0.405 e. The molecule has 0 bridgehead atoms. The monoisotopic (exact) mass is 915 g/mol. The van der Waals surface area contributed by atoms with Crippen molar-refractivity contribution >= 4 is 49.1 Å². The predicted octanol–water partition coefficient (Wildman–Crippen LogP) is -0.160. The van der Waals surface area contributed by atoms with Crippen molar-refractivity contribution in [2.45, 2.75) is 101 Å². The normalized spacial score (nSPS) is 28.6. The first-order valence-corrected chi connectivity index (χ1v) is 23.4. The second kappa shape index (κ2) is 18.9. The lowest BCUT2D eigenvalue weighted by Crippen LogP contribution is -2.33. The highest BCUT2D eigenvalue weighted by atomic mass is 32.5. The molecule has 61 heavy (non-hydrogen) atoms. The molecule has 7 rings (SSSR count). The third-order valence-corrected chi connectivity index (χ3v) is 13.5. The fourth-order valence-electron chi connectivity index (χ4n) is 7.07. The Kier molecular flexibility index (Phi) is 14.0. The number of aromatic nitrogens is 8. The molecular weight excluding hydrogens is 868 g/mol. The van der Waals surface area contributed by atoms with E-state index in [1.165, 1.54) is 38.0 Å². The largest absolute Gasteiger partial charge is 0.405 e. The van der Waals surface area contributed by atoms with Crippen LogP contribution in [0.4, 0.5) is 11.6 Å². The van der Waals surface area contributed by atoms with Crippen LogP contribution in [0.5, 0.6) is 0 Å². The zero-order valence-corrected chi connectivity index (χ0v) is 35.5. The molecule has 7 heterocycles. The minimum atomic E-state index is -4.31. The van der Waals surface area contributed by atoms with Gasteiger partial charge in [0.25, 0.3) is 5.56 Å². The maximum atomic E-state index is 14.6. The number of ether oxygens (including phenoxy) is 3. The molecule has 3 saturated heterocycles. The van der Waals surface area contributed by atoms with Gasteiger partial charge in [-0.15, -0.1) is 0 Å². The van der Waals surface area contributed by atoms with Crippen molar-refractivity contribution in [2.24, 2.45) is 0 Å². The van der Waals surface area contributed by atoms with E-state index in [9.17, 15) is 34.1 Å². The smallest absolute Gasteiger partial charge is 0.394 e. The van der Waals surface area contributed by atoms with Gasteiger partial charge in [0.15, 0.2) is 11.5 Å². The molecule has 334 valence electrons. The summed E-state index contributed by atoms with van der Waals surface area (Å²) in [4.78, 5) is 67.2. The molecule has 25 nitrogen and oxygen atoms in total. The molecule has 3 aliphatic heterocycles. The molecule has 11 atom stereocenters. The van der Waals surface area contributed by atoms with E-state index in [-0.39, 0.29) is 43.0 Å². The Morgan fingerprint density at radius 1 is 0.967 bits per heavy atom. The zero-order chi connectivity index (χ0) is 43.6. The molecule has 28 heteroatoms. The van der Waals surface area contributed by atoms with E-state index in [1.54, 1.807) is 4.57 Å². The van der Waals surface area contributed by atoms with Gasteiger partial charge in [0.2, 0.25) is 0 Å². The molecule has 4 aromatic rings. The molecule has 3 fully saturated rings. The molecule has 0 amide bonds. The number of anilines is 2. The van der Waals surface area contributed by atoms with Crippen LogP contribution in [0.15, 0.2) is 45.5 Å². The van der Waals surface area contributed by atoms with E-state index in [0.717, 1.165) is 15.6 Å². The first-order chi connectivity index (χ1) is 29.1. The highest BCUT2D eigenvalue weighted by Crippen LogP contribution is 2.52. The number of hydrogen-bond donors (Lipinski definition) is 7. The van der Waals surface area contributed by atoms with E-state index in [2.05, 4.69) is 30.0 Å². The van der Waals surface area contributed by atoms with Crippen molar-refractivity contribution in [2.75, 3.05) is 37.8 Å². The first kappa shape index (κ1) is 45.2.